The third-order valence-corrected chi connectivity index (χ3v) is 3.38. The summed E-state index contributed by atoms with van der Waals surface area (Å²) in [7, 11) is 0. The van der Waals surface area contributed by atoms with Gasteiger partial charge in [0.25, 0.3) is 0 Å². The summed E-state index contributed by atoms with van der Waals surface area (Å²) < 4.78 is 19.0. The molecule has 1 fully saturated rings. The molecule has 1 aromatic rings. The Kier molecular flexibility index (Phi) is 4.48. The smallest absolute Gasteiger partial charge is 0.126 e. The maximum Gasteiger partial charge on any atom is 0.126 e. The van der Waals surface area contributed by atoms with Gasteiger partial charge in [-0.2, -0.15) is 0 Å². The van der Waals surface area contributed by atoms with Crippen molar-refractivity contribution >= 4 is 0 Å². The van der Waals surface area contributed by atoms with E-state index in [9.17, 15) is 4.39 Å². The van der Waals surface area contributed by atoms with Crippen molar-refractivity contribution in [3.8, 4) is 0 Å². The van der Waals surface area contributed by atoms with Crippen LogP contribution < -0.4 is 11.3 Å². The molecule has 0 bridgehead atoms. The fraction of sp³-hybridized carbons (Fsp3) is 0.538. The summed E-state index contributed by atoms with van der Waals surface area (Å²) in [5.74, 6) is 5.78. The summed E-state index contributed by atoms with van der Waals surface area (Å²) in [5, 5.41) is 0. The number of ether oxygens (including phenoxy) is 1. The van der Waals surface area contributed by atoms with Crippen LogP contribution in [0.25, 0.3) is 0 Å². The maximum atomic E-state index is 13.6. The zero-order chi connectivity index (χ0) is 12.1. The minimum Gasteiger partial charge on any atom is -0.381 e. The summed E-state index contributed by atoms with van der Waals surface area (Å²) in [4.78, 5) is 0. The molecule has 2 rings (SSSR count). The Morgan fingerprint density at radius 1 is 1.47 bits per heavy atom. The third kappa shape index (κ3) is 3.25. The highest BCUT2D eigenvalue weighted by Gasteiger charge is 2.24. The number of halogens is 1. The van der Waals surface area contributed by atoms with Crippen LogP contribution >= 0.6 is 0 Å². The largest absolute Gasteiger partial charge is 0.381 e. The molecule has 0 spiro atoms. The van der Waals surface area contributed by atoms with Crippen LogP contribution in [0.5, 0.6) is 0 Å². The first-order chi connectivity index (χ1) is 8.31. The van der Waals surface area contributed by atoms with Crippen molar-refractivity contribution in [1.29, 1.82) is 0 Å². The molecule has 17 heavy (non-hydrogen) atoms. The molecule has 2 atom stereocenters. The first kappa shape index (κ1) is 12.5. The highest BCUT2D eigenvalue weighted by molar-refractivity contribution is 5.18. The molecule has 4 heteroatoms. The summed E-state index contributed by atoms with van der Waals surface area (Å²) in [6, 6.07) is 6.92. The van der Waals surface area contributed by atoms with Gasteiger partial charge in [-0.15, -0.1) is 0 Å². The van der Waals surface area contributed by atoms with Gasteiger partial charge in [0, 0.05) is 12.6 Å². The summed E-state index contributed by atoms with van der Waals surface area (Å²) in [6.45, 7) is 1.54. The van der Waals surface area contributed by atoms with Gasteiger partial charge in [-0.05, 0) is 36.8 Å². The molecular weight excluding hydrogens is 219 g/mol. The predicted molar refractivity (Wildman–Crippen MR) is 64.8 cm³/mol. The molecule has 0 radical (unpaired) electrons. The van der Waals surface area contributed by atoms with E-state index < -0.39 is 0 Å². The Morgan fingerprint density at radius 3 is 2.94 bits per heavy atom. The molecule has 3 nitrogen and oxygen atoms in total. The second-order valence-electron chi connectivity index (χ2n) is 4.55. The standard InChI is InChI=1S/C13H19FN2O/c14-12-6-2-1-4-10(12)8-13(16-15)11-5-3-7-17-9-11/h1-2,4,6,11,13,16H,3,5,7-9,15H2. The van der Waals surface area contributed by atoms with Crippen molar-refractivity contribution in [3.63, 3.8) is 0 Å². The molecular formula is C13H19FN2O. The number of nitrogens with two attached hydrogens (primary N) is 1. The first-order valence-electron chi connectivity index (χ1n) is 6.08. The van der Waals surface area contributed by atoms with E-state index in [1.54, 1.807) is 6.07 Å². The van der Waals surface area contributed by atoms with Gasteiger partial charge < -0.3 is 4.74 Å². The Labute approximate surface area is 101 Å². The molecule has 1 heterocycles. The number of rotatable bonds is 4. The second kappa shape index (κ2) is 6.10. The molecule has 3 N–H and O–H groups in total. The maximum absolute atomic E-state index is 13.6. The Balaban J connectivity index is 2.01. The van der Waals surface area contributed by atoms with E-state index in [-0.39, 0.29) is 11.9 Å². The summed E-state index contributed by atoms with van der Waals surface area (Å²) in [6.07, 6.45) is 2.75. The molecule has 1 aromatic carbocycles. The number of hydrazine groups is 1. The number of hydrogen-bond acceptors (Lipinski definition) is 3. The predicted octanol–water partition coefficient (Wildman–Crippen LogP) is 1.63. The van der Waals surface area contributed by atoms with Crippen molar-refractivity contribution < 1.29 is 9.13 Å². The quantitative estimate of drug-likeness (QED) is 0.619. The molecule has 0 saturated carbocycles. The molecule has 0 amide bonds. The van der Waals surface area contributed by atoms with E-state index in [0.717, 1.165) is 19.4 Å². The normalized spacial score (nSPS) is 22.4. The van der Waals surface area contributed by atoms with Crippen LogP contribution in [-0.2, 0) is 11.2 Å². The van der Waals surface area contributed by atoms with E-state index in [1.165, 1.54) is 6.07 Å². The SMILES string of the molecule is NNC(Cc1ccccc1F)C1CCCOC1. The lowest BCUT2D eigenvalue weighted by atomic mass is 9.89. The van der Waals surface area contributed by atoms with Crippen LogP contribution in [0, 0.1) is 11.7 Å². The lowest BCUT2D eigenvalue weighted by Crippen LogP contribution is -2.45. The highest BCUT2D eigenvalue weighted by atomic mass is 19.1. The number of hydrogen-bond donors (Lipinski definition) is 2. The second-order valence-corrected chi connectivity index (χ2v) is 4.55. The molecule has 94 valence electrons. The molecule has 1 aliphatic heterocycles. The van der Waals surface area contributed by atoms with Crippen molar-refractivity contribution in [2.75, 3.05) is 13.2 Å². The van der Waals surface area contributed by atoms with Gasteiger partial charge in [0.05, 0.1) is 6.61 Å². The first-order valence-corrected chi connectivity index (χ1v) is 6.08. The van der Waals surface area contributed by atoms with Gasteiger partial charge >= 0.3 is 0 Å². The van der Waals surface area contributed by atoms with E-state index in [4.69, 9.17) is 10.6 Å². The summed E-state index contributed by atoms with van der Waals surface area (Å²) in [5.41, 5.74) is 3.51. The van der Waals surface area contributed by atoms with Crippen LogP contribution in [0.15, 0.2) is 24.3 Å². The van der Waals surface area contributed by atoms with Crippen LogP contribution in [-0.4, -0.2) is 19.3 Å². The average Bonchev–Trinajstić information content (AvgIpc) is 2.39. The monoisotopic (exact) mass is 238 g/mol. The van der Waals surface area contributed by atoms with E-state index in [1.807, 2.05) is 12.1 Å². The molecule has 2 unspecified atom stereocenters. The van der Waals surface area contributed by atoms with Crippen LogP contribution in [0.4, 0.5) is 4.39 Å². The molecule has 1 aliphatic rings. The topological polar surface area (TPSA) is 47.3 Å². The third-order valence-electron chi connectivity index (χ3n) is 3.38. The van der Waals surface area contributed by atoms with Gasteiger partial charge in [0.1, 0.15) is 5.82 Å². The number of benzene rings is 1. The fourth-order valence-corrected chi connectivity index (χ4v) is 2.35. The Morgan fingerprint density at radius 2 is 2.29 bits per heavy atom. The van der Waals surface area contributed by atoms with Gasteiger partial charge in [-0.25, -0.2) is 4.39 Å². The van der Waals surface area contributed by atoms with Crippen LogP contribution in [0.1, 0.15) is 18.4 Å². The van der Waals surface area contributed by atoms with E-state index in [2.05, 4.69) is 5.43 Å². The van der Waals surface area contributed by atoms with Gasteiger partial charge in [-0.1, -0.05) is 18.2 Å². The molecule has 0 aliphatic carbocycles. The highest BCUT2D eigenvalue weighted by Crippen LogP contribution is 2.20. The molecule has 1 saturated heterocycles. The minimum absolute atomic E-state index is 0.0761. The fourth-order valence-electron chi connectivity index (χ4n) is 2.35. The van der Waals surface area contributed by atoms with E-state index in [0.29, 0.717) is 24.5 Å². The molecule has 0 aromatic heterocycles. The van der Waals surface area contributed by atoms with Gasteiger partial charge in [0.15, 0.2) is 0 Å². The Hall–Kier alpha value is -0.970. The zero-order valence-corrected chi connectivity index (χ0v) is 9.86. The van der Waals surface area contributed by atoms with Crippen LogP contribution in [0.2, 0.25) is 0 Å². The van der Waals surface area contributed by atoms with Gasteiger partial charge in [-0.3, -0.25) is 11.3 Å². The Bertz CT molecular complexity index is 353. The van der Waals surface area contributed by atoms with Crippen molar-refractivity contribution in [2.24, 2.45) is 11.8 Å². The van der Waals surface area contributed by atoms with Crippen LogP contribution in [0.3, 0.4) is 0 Å². The average molecular weight is 238 g/mol. The lowest BCUT2D eigenvalue weighted by molar-refractivity contribution is 0.0392. The zero-order valence-electron chi connectivity index (χ0n) is 9.86. The van der Waals surface area contributed by atoms with Crippen molar-refractivity contribution in [3.05, 3.63) is 35.6 Å². The van der Waals surface area contributed by atoms with Crippen molar-refractivity contribution in [2.45, 2.75) is 25.3 Å². The lowest BCUT2D eigenvalue weighted by Gasteiger charge is -2.29. The van der Waals surface area contributed by atoms with E-state index >= 15 is 0 Å². The number of nitrogens with one attached hydrogen (secondary N) is 1. The van der Waals surface area contributed by atoms with Crippen molar-refractivity contribution in [1.82, 2.24) is 5.43 Å². The van der Waals surface area contributed by atoms with Gasteiger partial charge in [0.2, 0.25) is 0 Å². The summed E-state index contributed by atoms with van der Waals surface area (Å²) >= 11 is 0. The minimum atomic E-state index is -0.163.